The number of carbonyl (C=O) groups is 2. The highest BCUT2D eigenvalue weighted by atomic mass is 32.2. The summed E-state index contributed by atoms with van der Waals surface area (Å²) in [6.07, 6.45) is 3.93. The van der Waals surface area contributed by atoms with Gasteiger partial charge < -0.3 is 15.3 Å². The molecule has 10 heteroatoms. The number of anilines is 1. The SMILES string of the molecule is CSCCC(C(=O)O)N(CSC(=S)Nc1nccs1)C(=O)c1ccccc1. The van der Waals surface area contributed by atoms with Crippen molar-refractivity contribution in [1.29, 1.82) is 0 Å². The average Bonchev–Trinajstić information content (AvgIpc) is 3.17. The molecule has 0 saturated carbocycles. The minimum Gasteiger partial charge on any atom is -0.480 e. The van der Waals surface area contributed by atoms with Crippen LogP contribution < -0.4 is 5.32 Å². The Bertz CT molecular complexity index is 756. The number of carbonyl (C=O) groups excluding carboxylic acids is 1. The summed E-state index contributed by atoms with van der Waals surface area (Å²) < 4.78 is 0.435. The molecule has 2 aromatic rings. The van der Waals surface area contributed by atoms with Gasteiger partial charge in [0.05, 0.1) is 5.88 Å². The average molecular weight is 442 g/mol. The van der Waals surface area contributed by atoms with Crippen LogP contribution in [-0.4, -0.2) is 55.1 Å². The van der Waals surface area contributed by atoms with Crippen LogP contribution in [0.3, 0.4) is 0 Å². The zero-order valence-electron chi connectivity index (χ0n) is 14.5. The van der Waals surface area contributed by atoms with Crippen LogP contribution in [0.15, 0.2) is 41.9 Å². The van der Waals surface area contributed by atoms with Crippen LogP contribution in [0.25, 0.3) is 0 Å². The number of nitrogens with zero attached hydrogens (tertiary/aromatic N) is 2. The zero-order valence-corrected chi connectivity index (χ0v) is 17.8. The Morgan fingerprint density at radius 3 is 2.70 bits per heavy atom. The Labute approximate surface area is 175 Å². The van der Waals surface area contributed by atoms with E-state index in [-0.39, 0.29) is 11.8 Å². The van der Waals surface area contributed by atoms with Gasteiger partial charge in [-0.2, -0.15) is 11.8 Å². The Morgan fingerprint density at radius 2 is 2.11 bits per heavy atom. The van der Waals surface area contributed by atoms with E-state index < -0.39 is 12.0 Å². The van der Waals surface area contributed by atoms with Crippen LogP contribution in [0.2, 0.25) is 0 Å². The number of hydrogen-bond donors (Lipinski definition) is 2. The molecule has 0 bridgehead atoms. The number of aromatic nitrogens is 1. The summed E-state index contributed by atoms with van der Waals surface area (Å²) in [5.41, 5.74) is 0.451. The summed E-state index contributed by atoms with van der Waals surface area (Å²) in [5.74, 6) is -0.570. The van der Waals surface area contributed by atoms with E-state index in [0.717, 1.165) is 0 Å². The Kier molecular flexibility index (Phi) is 9.05. The van der Waals surface area contributed by atoms with E-state index in [1.807, 2.05) is 17.7 Å². The molecule has 0 aliphatic carbocycles. The van der Waals surface area contributed by atoms with Crippen molar-refractivity contribution in [3.8, 4) is 0 Å². The normalized spacial score (nSPS) is 11.6. The molecule has 0 aliphatic heterocycles. The molecule has 1 unspecified atom stereocenters. The third kappa shape index (κ3) is 6.80. The lowest BCUT2D eigenvalue weighted by molar-refractivity contribution is -0.142. The minimum absolute atomic E-state index is 0.135. The molecule has 1 atom stereocenters. The quantitative estimate of drug-likeness (QED) is 0.448. The van der Waals surface area contributed by atoms with E-state index in [4.69, 9.17) is 12.2 Å². The number of thioether (sulfide) groups is 2. The van der Waals surface area contributed by atoms with Crippen molar-refractivity contribution in [2.75, 3.05) is 23.2 Å². The summed E-state index contributed by atoms with van der Waals surface area (Å²) in [6, 6.07) is 7.76. The van der Waals surface area contributed by atoms with Crippen LogP contribution in [-0.2, 0) is 4.79 Å². The molecular formula is C17H19N3O3S4. The van der Waals surface area contributed by atoms with Gasteiger partial charge in [0.15, 0.2) is 5.13 Å². The fraction of sp³-hybridized carbons (Fsp3) is 0.294. The second-order valence-corrected chi connectivity index (χ2v) is 8.80. The minimum atomic E-state index is -1.02. The highest BCUT2D eigenvalue weighted by Gasteiger charge is 2.30. The van der Waals surface area contributed by atoms with Crippen molar-refractivity contribution >= 4 is 68.4 Å². The highest BCUT2D eigenvalue weighted by Crippen LogP contribution is 2.20. The lowest BCUT2D eigenvalue weighted by Gasteiger charge is -2.28. The number of carboxylic acid groups (broad SMARTS) is 1. The van der Waals surface area contributed by atoms with Crippen molar-refractivity contribution in [2.45, 2.75) is 12.5 Å². The summed E-state index contributed by atoms with van der Waals surface area (Å²) in [4.78, 5) is 30.2. The van der Waals surface area contributed by atoms with Gasteiger partial charge in [0, 0.05) is 17.1 Å². The van der Waals surface area contributed by atoms with Gasteiger partial charge in [-0.1, -0.05) is 42.2 Å². The van der Waals surface area contributed by atoms with Gasteiger partial charge in [0.2, 0.25) is 0 Å². The molecule has 0 saturated heterocycles. The molecule has 1 amide bonds. The molecule has 1 aromatic heterocycles. The number of rotatable bonds is 9. The number of amides is 1. The van der Waals surface area contributed by atoms with Crippen LogP contribution in [0.5, 0.6) is 0 Å². The number of carboxylic acids is 1. The first-order valence-corrected chi connectivity index (χ1v) is 11.6. The van der Waals surface area contributed by atoms with E-state index in [2.05, 4.69) is 10.3 Å². The third-order valence-electron chi connectivity index (χ3n) is 3.51. The van der Waals surface area contributed by atoms with Gasteiger partial charge in [-0.15, -0.1) is 11.3 Å². The fourth-order valence-corrected chi connectivity index (χ4v) is 4.31. The van der Waals surface area contributed by atoms with Gasteiger partial charge in [-0.3, -0.25) is 4.79 Å². The van der Waals surface area contributed by atoms with Crippen LogP contribution in [0.4, 0.5) is 5.13 Å². The third-order valence-corrected chi connectivity index (χ3v) is 6.07. The number of nitrogens with one attached hydrogen (secondary N) is 1. The van der Waals surface area contributed by atoms with Gasteiger partial charge in [0.25, 0.3) is 5.91 Å². The maximum atomic E-state index is 13.0. The standard InChI is InChI=1S/C17H19N3O3S4/c1-25-9-7-13(15(22)23)20(14(21)12-5-3-2-4-6-12)11-27-17(24)19-16-18-8-10-26-16/h2-6,8,10,13H,7,9,11H2,1H3,(H,22,23)(H,18,19,24). The van der Waals surface area contributed by atoms with Crippen molar-refractivity contribution in [3.63, 3.8) is 0 Å². The molecule has 0 spiro atoms. The molecule has 0 radical (unpaired) electrons. The number of benzene rings is 1. The van der Waals surface area contributed by atoms with E-state index in [1.165, 1.54) is 28.0 Å². The second-order valence-electron chi connectivity index (χ2n) is 5.30. The number of hydrogen-bond acceptors (Lipinski definition) is 7. The molecule has 27 heavy (non-hydrogen) atoms. The Balaban J connectivity index is 2.13. The molecule has 2 N–H and O–H groups in total. The fourth-order valence-electron chi connectivity index (χ4n) is 2.22. The summed E-state index contributed by atoms with van der Waals surface area (Å²) >= 11 is 9.46. The molecule has 2 rings (SSSR count). The van der Waals surface area contributed by atoms with Gasteiger partial charge in [-0.25, -0.2) is 9.78 Å². The largest absolute Gasteiger partial charge is 0.480 e. The van der Waals surface area contributed by atoms with E-state index >= 15 is 0 Å². The zero-order chi connectivity index (χ0) is 19.6. The first-order chi connectivity index (χ1) is 13.0. The predicted molar refractivity (Wildman–Crippen MR) is 118 cm³/mol. The van der Waals surface area contributed by atoms with Gasteiger partial charge in [-0.05, 0) is 30.6 Å². The monoisotopic (exact) mass is 441 g/mol. The summed E-state index contributed by atoms with van der Waals surface area (Å²) in [5, 5.41) is 15.1. The first kappa shape index (κ1) is 21.7. The molecule has 1 aromatic carbocycles. The maximum absolute atomic E-state index is 13.0. The number of thiazole rings is 1. The van der Waals surface area contributed by atoms with Crippen molar-refractivity contribution in [1.82, 2.24) is 9.88 Å². The smallest absolute Gasteiger partial charge is 0.326 e. The van der Waals surface area contributed by atoms with Crippen LogP contribution in [0, 0.1) is 0 Å². The molecule has 0 fully saturated rings. The van der Waals surface area contributed by atoms with Gasteiger partial charge >= 0.3 is 5.97 Å². The highest BCUT2D eigenvalue weighted by molar-refractivity contribution is 8.23. The van der Waals surface area contributed by atoms with Crippen molar-refractivity contribution < 1.29 is 14.7 Å². The van der Waals surface area contributed by atoms with Crippen molar-refractivity contribution in [3.05, 3.63) is 47.5 Å². The molecule has 0 aliphatic rings. The predicted octanol–water partition coefficient (Wildman–Crippen LogP) is 3.88. The van der Waals surface area contributed by atoms with E-state index in [9.17, 15) is 14.7 Å². The molecule has 1 heterocycles. The maximum Gasteiger partial charge on any atom is 0.326 e. The van der Waals surface area contributed by atoms with Crippen molar-refractivity contribution in [2.24, 2.45) is 0 Å². The molecule has 144 valence electrons. The van der Waals surface area contributed by atoms with Crippen LogP contribution >= 0.6 is 47.1 Å². The lowest BCUT2D eigenvalue weighted by atomic mass is 10.1. The first-order valence-electron chi connectivity index (χ1n) is 7.94. The topological polar surface area (TPSA) is 82.5 Å². The molecular weight excluding hydrogens is 422 g/mol. The van der Waals surface area contributed by atoms with Gasteiger partial charge in [0.1, 0.15) is 10.4 Å². The lowest BCUT2D eigenvalue weighted by Crippen LogP contribution is -2.45. The summed E-state index contributed by atoms with van der Waals surface area (Å²) in [7, 11) is 0. The van der Waals surface area contributed by atoms with E-state index in [0.29, 0.717) is 27.2 Å². The number of aliphatic carboxylic acids is 1. The summed E-state index contributed by atoms with van der Waals surface area (Å²) in [6.45, 7) is 0. The van der Waals surface area contributed by atoms with Crippen LogP contribution in [0.1, 0.15) is 16.8 Å². The number of thiocarbonyl (C=S) groups is 1. The Morgan fingerprint density at radius 1 is 1.37 bits per heavy atom. The van der Waals surface area contributed by atoms with E-state index in [1.54, 1.807) is 42.2 Å². The Hall–Kier alpha value is -1.62. The molecule has 6 nitrogen and oxygen atoms in total. The second kappa shape index (κ2) is 11.3.